The van der Waals surface area contributed by atoms with Gasteiger partial charge in [-0.25, -0.2) is 0 Å². The van der Waals surface area contributed by atoms with Crippen molar-refractivity contribution in [1.29, 1.82) is 0 Å². The molecule has 1 aromatic carbocycles. The van der Waals surface area contributed by atoms with Crippen LogP contribution in [0.25, 0.3) is 0 Å². The molecule has 1 nitrogen and oxygen atoms in total. The molecule has 0 saturated carbocycles. The van der Waals surface area contributed by atoms with Crippen LogP contribution in [0.4, 0.5) is 0 Å². The molecule has 0 atom stereocenters. The average molecular weight is 286 g/mol. The summed E-state index contributed by atoms with van der Waals surface area (Å²) in [6.07, 6.45) is 17.1. The van der Waals surface area contributed by atoms with Crippen molar-refractivity contribution in [3.8, 4) is 0 Å². The zero-order chi connectivity index (χ0) is 15.0. The van der Waals surface area contributed by atoms with Gasteiger partial charge in [0.15, 0.2) is 0 Å². The summed E-state index contributed by atoms with van der Waals surface area (Å²) < 4.78 is 5.59. The summed E-state index contributed by atoms with van der Waals surface area (Å²) in [7, 11) is 0. The van der Waals surface area contributed by atoms with E-state index in [0.29, 0.717) is 0 Å². The summed E-state index contributed by atoms with van der Waals surface area (Å²) in [5, 5.41) is 0. The van der Waals surface area contributed by atoms with Crippen molar-refractivity contribution in [1.82, 2.24) is 0 Å². The fraction of sp³-hybridized carbons (Fsp3) is 0.500. The van der Waals surface area contributed by atoms with E-state index in [-0.39, 0.29) is 0 Å². The summed E-state index contributed by atoms with van der Waals surface area (Å²) in [5.41, 5.74) is 1.42. The van der Waals surface area contributed by atoms with E-state index in [4.69, 9.17) is 4.74 Å². The number of hydrogen-bond acceptors (Lipinski definition) is 1. The van der Waals surface area contributed by atoms with Crippen molar-refractivity contribution >= 4 is 0 Å². The predicted molar refractivity (Wildman–Crippen MR) is 92.6 cm³/mol. The molecule has 0 radical (unpaired) electrons. The van der Waals surface area contributed by atoms with Crippen LogP contribution in [0.15, 0.2) is 54.6 Å². The maximum absolute atomic E-state index is 5.59. The number of hydrogen-bond donors (Lipinski definition) is 0. The number of ether oxygens (including phenoxy) is 1. The summed E-state index contributed by atoms with van der Waals surface area (Å²) in [6.45, 7) is 3.92. The van der Waals surface area contributed by atoms with Gasteiger partial charge in [-0.15, -0.1) is 0 Å². The number of unbranched alkanes of at least 4 members (excludes halogenated alkanes) is 2. The van der Waals surface area contributed by atoms with Gasteiger partial charge in [-0.05, 0) is 50.5 Å². The zero-order valence-electron chi connectivity index (χ0n) is 13.5. The standard InChI is InChI=1S/C20H30O/c1-2-3-4-13-18-21-19-14-8-6-5-7-10-15-20-16-11-9-12-17-20/h3-5,7,9,11-12,16-17H,2,6,8,10,13-15,18-19H2,1H3/b4-3+,7-5-. The van der Waals surface area contributed by atoms with Gasteiger partial charge in [-0.2, -0.15) is 0 Å². The third-order valence-electron chi connectivity index (χ3n) is 3.35. The monoisotopic (exact) mass is 286 g/mol. The molecule has 0 aliphatic carbocycles. The van der Waals surface area contributed by atoms with Crippen LogP contribution in [0.2, 0.25) is 0 Å². The summed E-state index contributed by atoms with van der Waals surface area (Å²) in [4.78, 5) is 0. The van der Waals surface area contributed by atoms with E-state index in [1.807, 2.05) is 0 Å². The number of rotatable bonds is 12. The Morgan fingerprint density at radius 1 is 0.810 bits per heavy atom. The van der Waals surface area contributed by atoms with Gasteiger partial charge in [0.2, 0.25) is 0 Å². The van der Waals surface area contributed by atoms with Crippen LogP contribution in [0, 0.1) is 0 Å². The second kappa shape index (κ2) is 13.6. The predicted octanol–water partition coefficient (Wildman–Crippen LogP) is 5.72. The van der Waals surface area contributed by atoms with Crippen LogP contribution >= 0.6 is 0 Å². The topological polar surface area (TPSA) is 9.23 Å². The highest BCUT2D eigenvalue weighted by Gasteiger charge is 1.90. The second-order valence-corrected chi connectivity index (χ2v) is 5.27. The van der Waals surface area contributed by atoms with Crippen LogP contribution < -0.4 is 0 Å². The van der Waals surface area contributed by atoms with E-state index in [1.54, 1.807) is 0 Å². The Morgan fingerprint density at radius 2 is 1.57 bits per heavy atom. The largest absolute Gasteiger partial charge is 0.381 e. The van der Waals surface area contributed by atoms with Gasteiger partial charge in [0.25, 0.3) is 0 Å². The van der Waals surface area contributed by atoms with Crippen LogP contribution in [0.3, 0.4) is 0 Å². The molecular weight excluding hydrogens is 256 g/mol. The Labute approximate surface area is 130 Å². The minimum absolute atomic E-state index is 0.864. The number of allylic oxidation sites excluding steroid dienone is 3. The molecule has 0 aliphatic rings. The molecule has 1 aromatic rings. The molecule has 0 bridgehead atoms. The van der Waals surface area contributed by atoms with E-state index < -0.39 is 0 Å². The summed E-state index contributed by atoms with van der Waals surface area (Å²) in [6, 6.07) is 10.7. The molecule has 0 heterocycles. The smallest absolute Gasteiger partial charge is 0.0500 e. The Balaban J connectivity index is 1.85. The first-order valence-corrected chi connectivity index (χ1v) is 8.35. The SMILES string of the molecule is CC/C=C/CCOCCCC/C=C\CCc1ccccc1. The lowest BCUT2D eigenvalue weighted by Crippen LogP contribution is -1.95. The molecule has 0 amide bonds. The second-order valence-electron chi connectivity index (χ2n) is 5.27. The van der Waals surface area contributed by atoms with Gasteiger partial charge in [-0.1, -0.05) is 61.6 Å². The Kier molecular flexibility index (Phi) is 11.5. The number of aryl methyl sites for hydroxylation is 1. The van der Waals surface area contributed by atoms with E-state index in [1.165, 1.54) is 24.8 Å². The van der Waals surface area contributed by atoms with Gasteiger partial charge in [0, 0.05) is 6.61 Å². The first-order valence-electron chi connectivity index (χ1n) is 8.35. The Bertz CT molecular complexity index is 378. The highest BCUT2D eigenvalue weighted by molar-refractivity contribution is 5.15. The fourth-order valence-corrected chi connectivity index (χ4v) is 2.13. The maximum Gasteiger partial charge on any atom is 0.0500 e. The van der Waals surface area contributed by atoms with Gasteiger partial charge < -0.3 is 4.74 Å². The lowest BCUT2D eigenvalue weighted by atomic mass is 10.1. The first-order chi connectivity index (χ1) is 10.4. The van der Waals surface area contributed by atoms with Crippen molar-refractivity contribution in [2.45, 2.75) is 51.9 Å². The lowest BCUT2D eigenvalue weighted by molar-refractivity contribution is 0.135. The number of benzene rings is 1. The molecule has 0 saturated heterocycles. The van der Waals surface area contributed by atoms with Crippen molar-refractivity contribution in [2.24, 2.45) is 0 Å². The first kappa shape index (κ1) is 17.7. The minimum Gasteiger partial charge on any atom is -0.381 e. The highest BCUT2D eigenvalue weighted by Crippen LogP contribution is 2.04. The highest BCUT2D eigenvalue weighted by atomic mass is 16.5. The van der Waals surface area contributed by atoms with Crippen molar-refractivity contribution in [3.63, 3.8) is 0 Å². The van der Waals surface area contributed by atoms with Crippen LogP contribution in [-0.4, -0.2) is 13.2 Å². The van der Waals surface area contributed by atoms with Crippen LogP contribution in [0.1, 0.15) is 51.0 Å². The van der Waals surface area contributed by atoms with E-state index in [2.05, 4.69) is 61.6 Å². The molecule has 0 unspecified atom stereocenters. The average Bonchev–Trinajstić information content (AvgIpc) is 2.53. The van der Waals surface area contributed by atoms with Crippen molar-refractivity contribution in [3.05, 3.63) is 60.2 Å². The van der Waals surface area contributed by atoms with Gasteiger partial charge >= 0.3 is 0 Å². The quantitative estimate of drug-likeness (QED) is 0.353. The lowest BCUT2D eigenvalue weighted by Gasteiger charge is -2.01. The normalized spacial score (nSPS) is 11.7. The molecule has 1 rings (SSSR count). The van der Waals surface area contributed by atoms with Gasteiger partial charge in [0.1, 0.15) is 0 Å². The molecule has 116 valence electrons. The van der Waals surface area contributed by atoms with Gasteiger partial charge in [0.05, 0.1) is 6.61 Å². The van der Waals surface area contributed by atoms with Crippen LogP contribution in [-0.2, 0) is 11.2 Å². The molecule has 0 spiro atoms. The molecule has 0 fully saturated rings. The third-order valence-corrected chi connectivity index (χ3v) is 3.35. The van der Waals surface area contributed by atoms with E-state index >= 15 is 0 Å². The zero-order valence-corrected chi connectivity index (χ0v) is 13.5. The maximum atomic E-state index is 5.59. The summed E-state index contributed by atoms with van der Waals surface area (Å²) in [5.74, 6) is 0. The van der Waals surface area contributed by atoms with E-state index in [9.17, 15) is 0 Å². The van der Waals surface area contributed by atoms with Crippen molar-refractivity contribution in [2.75, 3.05) is 13.2 Å². The minimum atomic E-state index is 0.864. The summed E-state index contributed by atoms with van der Waals surface area (Å²) >= 11 is 0. The van der Waals surface area contributed by atoms with Crippen molar-refractivity contribution < 1.29 is 4.74 Å². The fourth-order valence-electron chi connectivity index (χ4n) is 2.13. The molecule has 0 aromatic heterocycles. The Hall–Kier alpha value is -1.34. The van der Waals surface area contributed by atoms with E-state index in [0.717, 1.165) is 38.9 Å². The Morgan fingerprint density at radius 3 is 2.38 bits per heavy atom. The molecule has 0 N–H and O–H groups in total. The molecule has 1 heteroatoms. The molecule has 0 aliphatic heterocycles. The van der Waals surface area contributed by atoms with Gasteiger partial charge in [-0.3, -0.25) is 0 Å². The van der Waals surface area contributed by atoms with Crippen LogP contribution in [0.5, 0.6) is 0 Å². The molecular formula is C20H30O. The molecule has 21 heavy (non-hydrogen) atoms. The third kappa shape index (κ3) is 11.0.